The third-order valence-electron chi connectivity index (χ3n) is 10.7. The second-order valence-electron chi connectivity index (χ2n) is 13.4. The molecule has 9 rings (SSSR count). The van der Waals surface area contributed by atoms with Gasteiger partial charge in [0.05, 0.1) is 17.4 Å². The molecule has 3 heteroatoms. The molecular weight excluding hydrogens is 595 g/mol. The van der Waals surface area contributed by atoms with E-state index in [-0.39, 0.29) is 23.9 Å². The van der Waals surface area contributed by atoms with Crippen LogP contribution in [0.25, 0.3) is 28.3 Å². The van der Waals surface area contributed by atoms with Crippen molar-refractivity contribution in [3.8, 4) is 11.1 Å². The molecular formula is C46H37N3. The van der Waals surface area contributed by atoms with Crippen molar-refractivity contribution in [2.45, 2.75) is 37.8 Å². The van der Waals surface area contributed by atoms with Crippen LogP contribution in [0.5, 0.6) is 0 Å². The standard InChI is InChI=1S/C46H37N3/c1-3-30(19-18-29(2)34-26-28-48-46-41(34)25-24-32-11-10-27-47-44(32)46)31-20-22-33(23-21-31)43-40-17-9-7-15-38(40)42-37-14-6-4-12-35(37)36-13-5-8-16-39(36)45(42)49-43/h3-8,10-16,18-28,32,42,44-45H,2,9,17H2,1H3/b19-18-,30-3+. The third kappa shape index (κ3) is 4.92. The van der Waals surface area contributed by atoms with Gasteiger partial charge in [0.2, 0.25) is 0 Å². The fourth-order valence-electron chi connectivity index (χ4n) is 8.33. The largest absolute Gasteiger partial charge is 0.282 e. The molecule has 0 saturated heterocycles. The Balaban J connectivity index is 1.02. The van der Waals surface area contributed by atoms with E-state index in [4.69, 9.17) is 15.0 Å². The van der Waals surface area contributed by atoms with E-state index in [0.717, 1.165) is 46.5 Å². The summed E-state index contributed by atoms with van der Waals surface area (Å²) in [5, 5.41) is 0. The lowest BCUT2D eigenvalue weighted by atomic mass is 9.68. The summed E-state index contributed by atoms with van der Waals surface area (Å²) in [6, 6.07) is 28.9. The summed E-state index contributed by atoms with van der Waals surface area (Å²) in [4.78, 5) is 15.1. The predicted octanol–water partition coefficient (Wildman–Crippen LogP) is 11.0. The first-order valence-electron chi connectivity index (χ1n) is 17.4. The van der Waals surface area contributed by atoms with Gasteiger partial charge < -0.3 is 0 Å². The Labute approximate surface area is 288 Å². The predicted molar refractivity (Wildman–Crippen MR) is 205 cm³/mol. The highest BCUT2D eigenvalue weighted by molar-refractivity contribution is 6.14. The molecule has 3 nitrogen and oxygen atoms in total. The molecule has 0 fully saturated rings. The fourth-order valence-corrected chi connectivity index (χ4v) is 8.33. The highest BCUT2D eigenvalue weighted by Crippen LogP contribution is 2.54. The number of pyridine rings is 1. The second kappa shape index (κ2) is 12.1. The van der Waals surface area contributed by atoms with Gasteiger partial charge in [-0.25, -0.2) is 0 Å². The molecule has 0 N–H and O–H groups in total. The van der Waals surface area contributed by atoms with Crippen LogP contribution in [0.1, 0.15) is 76.8 Å². The monoisotopic (exact) mass is 631 g/mol. The molecule has 0 saturated carbocycles. The van der Waals surface area contributed by atoms with E-state index < -0.39 is 0 Å². The first-order valence-corrected chi connectivity index (χ1v) is 17.4. The molecule has 3 heterocycles. The molecule has 0 radical (unpaired) electrons. The molecule has 4 atom stereocenters. The van der Waals surface area contributed by atoms with Gasteiger partial charge in [-0.1, -0.05) is 128 Å². The normalized spacial score (nSPS) is 22.9. The second-order valence-corrected chi connectivity index (χ2v) is 13.4. The molecule has 1 aromatic heterocycles. The van der Waals surface area contributed by atoms with Crippen LogP contribution in [0.3, 0.4) is 0 Å². The average Bonchev–Trinajstić information content (AvgIpc) is 3.17. The Morgan fingerprint density at radius 3 is 2.47 bits per heavy atom. The zero-order valence-electron chi connectivity index (χ0n) is 27.6. The Hall–Kier alpha value is -5.67. The quantitative estimate of drug-likeness (QED) is 0.202. The zero-order chi connectivity index (χ0) is 32.9. The van der Waals surface area contributed by atoms with Crippen molar-refractivity contribution in [3.63, 3.8) is 0 Å². The molecule has 4 unspecified atom stereocenters. The number of allylic oxidation sites excluding steroid dienone is 9. The number of aromatic nitrogens is 1. The van der Waals surface area contributed by atoms with Crippen LogP contribution in [0, 0.1) is 5.92 Å². The molecule has 3 aliphatic carbocycles. The highest BCUT2D eigenvalue weighted by atomic mass is 14.9. The minimum atomic E-state index is 0.0335. The van der Waals surface area contributed by atoms with Crippen molar-refractivity contribution < 1.29 is 0 Å². The van der Waals surface area contributed by atoms with E-state index in [1.165, 1.54) is 44.5 Å². The SMILES string of the molecule is C=C(/C=C\C(=C/C)c1ccc(C2=NC3c4ccccc4-c4ccccc4C3C3=C2CCC=C3)cc1)c1ccnc2c1C=CC1C=CC=NC21. The van der Waals surface area contributed by atoms with Gasteiger partial charge in [-0.15, -0.1) is 0 Å². The zero-order valence-corrected chi connectivity index (χ0v) is 27.6. The molecule has 49 heavy (non-hydrogen) atoms. The number of hydrogen-bond donors (Lipinski definition) is 0. The maximum atomic E-state index is 5.61. The van der Waals surface area contributed by atoms with E-state index in [0.29, 0.717) is 0 Å². The topological polar surface area (TPSA) is 37.6 Å². The van der Waals surface area contributed by atoms with Gasteiger partial charge >= 0.3 is 0 Å². The third-order valence-corrected chi connectivity index (χ3v) is 10.7. The van der Waals surface area contributed by atoms with Crippen LogP contribution in [0.15, 0.2) is 161 Å². The van der Waals surface area contributed by atoms with Gasteiger partial charge in [-0.2, -0.15) is 0 Å². The van der Waals surface area contributed by atoms with Gasteiger partial charge in [0.1, 0.15) is 6.04 Å². The van der Waals surface area contributed by atoms with Crippen LogP contribution < -0.4 is 0 Å². The van der Waals surface area contributed by atoms with Crippen molar-refractivity contribution in [1.82, 2.24) is 4.98 Å². The smallest absolute Gasteiger partial charge is 0.102 e. The summed E-state index contributed by atoms with van der Waals surface area (Å²) < 4.78 is 0. The molecule has 0 spiro atoms. The Morgan fingerprint density at radius 1 is 0.837 bits per heavy atom. The van der Waals surface area contributed by atoms with E-state index in [1.807, 2.05) is 18.5 Å². The lowest BCUT2D eigenvalue weighted by Crippen LogP contribution is -2.27. The van der Waals surface area contributed by atoms with Gasteiger partial charge in [0.25, 0.3) is 0 Å². The summed E-state index contributed by atoms with van der Waals surface area (Å²) in [5.41, 5.74) is 17.0. The van der Waals surface area contributed by atoms with Crippen molar-refractivity contribution >= 4 is 29.1 Å². The Morgan fingerprint density at radius 2 is 1.63 bits per heavy atom. The maximum absolute atomic E-state index is 5.61. The van der Waals surface area contributed by atoms with E-state index in [9.17, 15) is 0 Å². The average molecular weight is 632 g/mol. The summed E-state index contributed by atoms with van der Waals surface area (Å²) in [6.45, 7) is 6.55. The first kappa shape index (κ1) is 29.5. The van der Waals surface area contributed by atoms with Gasteiger partial charge in [0, 0.05) is 35.4 Å². The first-order chi connectivity index (χ1) is 24.2. The Kier molecular flexibility index (Phi) is 7.27. The fraction of sp³-hybridized carbons (Fsp3) is 0.152. The molecule has 0 amide bonds. The summed E-state index contributed by atoms with van der Waals surface area (Å²) in [7, 11) is 0. The van der Waals surface area contributed by atoms with Crippen LogP contribution in [0.4, 0.5) is 0 Å². The summed E-state index contributed by atoms with van der Waals surface area (Å²) in [5.74, 6) is 0.499. The summed E-state index contributed by atoms with van der Waals surface area (Å²) >= 11 is 0. The van der Waals surface area contributed by atoms with E-state index in [2.05, 4.69) is 141 Å². The lowest BCUT2D eigenvalue weighted by molar-refractivity contribution is 0.594. The van der Waals surface area contributed by atoms with Gasteiger partial charge in [-0.05, 0) is 87.6 Å². The van der Waals surface area contributed by atoms with Gasteiger partial charge in [-0.3, -0.25) is 15.0 Å². The van der Waals surface area contributed by atoms with E-state index in [1.54, 1.807) is 0 Å². The number of nitrogens with zero attached hydrogens (tertiary/aromatic N) is 3. The van der Waals surface area contributed by atoms with Crippen molar-refractivity contribution in [3.05, 3.63) is 190 Å². The number of benzene rings is 3. The summed E-state index contributed by atoms with van der Waals surface area (Å²) in [6.07, 6.45) is 25.6. The van der Waals surface area contributed by atoms with Gasteiger partial charge in [0.15, 0.2) is 0 Å². The molecule has 0 bridgehead atoms. The number of hydrogen-bond acceptors (Lipinski definition) is 3. The van der Waals surface area contributed by atoms with Crippen LogP contribution in [0.2, 0.25) is 0 Å². The van der Waals surface area contributed by atoms with Crippen molar-refractivity contribution in [1.29, 1.82) is 0 Å². The molecule has 2 aliphatic heterocycles. The van der Waals surface area contributed by atoms with Crippen molar-refractivity contribution in [2.24, 2.45) is 15.9 Å². The molecule has 3 aromatic carbocycles. The van der Waals surface area contributed by atoms with Crippen LogP contribution >= 0.6 is 0 Å². The molecule has 5 aliphatic rings. The molecule has 4 aromatic rings. The number of fused-ring (bicyclic) bond motifs is 10. The Bertz CT molecular complexity index is 2270. The lowest BCUT2D eigenvalue weighted by Gasteiger charge is -2.40. The highest BCUT2D eigenvalue weighted by Gasteiger charge is 2.40. The van der Waals surface area contributed by atoms with Crippen LogP contribution in [-0.2, 0) is 0 Å². The number of rotatable bonds is 5. The number of aliphatic imine (C=N–C) groups is 2. The maximum Gasteiger partial charge on any atom is 0.102 e. The van der Waals surface area contributed by atoms with E-state index >= 15 is 0 Å². The minimum absolute atomic E-state index is 0.0335. The minimum Gasteiger partial charge on any atom is -0.282 e. The number of dihydropyridines is 2. The van der Waals surface area contributed by atoms with Crippen molar-refractivity contribution in [2.75, 3.05) is 0 Å². The molecule has 236 valence electrons. The van der Waals surface area contributed by atoms with Crippen LogP contribution in [-0.4, -0.2) is 16.9 Å².